The second-order valence-electron chi connectivity index (χ2n) is 5.61. The largest absolute Gasteiger partial charge is 0.323 e. The van der Waals surface area contributed by atoms with Crippen LogP contribution in [0.15, 0.2) is 12.1 Å². The predicted molar refractivity (Wildman–Crippen MR) is 71.7 cm³/mol. The fourth-order valence-electron chi connectivity index (χ4n) is 1.96. The summed E-state index contributed by atoms with van der Waals surface area (Å²) in [5.74, 6) is 0. The van der Waals surface area contributed by atoms with Gasteiger partial charge in [-0.3, -0.25) is 0 Å². The molecule has 0 amide bonds. The molecule has 1 aromatic carbocycles. The van der Waals surface area contributed by atoms with Crippen molar-refractivity contribution in [1.29, 1.82) is 0 Å². The number of benzene rings is 1. The Morgan fingerprint density at radius 3 is 2.06 bits per heavy atom. The molecule has 16 heavy (non-hydrogen) atoms. The molecule has 0 saturated carbocycles. The molecule has 0 heterocycles. The molecule has 0 saturated heterocycles. The van der Waals surface area contributed by atoms with Crippen molar-refractivity contribution in [2.45, 2.75) is 54.0 Å². The average Bonchev–Trinajstić information content (AvgIpc) is 2.22. The highest BCUT2D eigenvalue weighted by Crippen LogP contribution is 2.36. The minimum atomic E-state index is 0.122. The number of aryl methyl sites for hydroxylation is 3. The second-order valence-corrected chi connectivity index (χ2v) is 5.61. The lowest BCUT2D eigenvalue weighted by Crippen LogP contribution is -2.29. The molecule has 2 N–H and O–H groups in total. The zero-order valence-electron chi connectivity index (χ0n) is 11.5. The maximum atomic E-state index is 6.40. The first-order chi connectivity index (χ1) is 7.29. The maximum absolute atomic E-state index is 6.40. The van der Waals surface area contributed by atoms with E-state index in [1.165, 1.54) is 22.3 Å². The van der Waals surface area contributed by atoms with E-state index in [2.05, 4.69) is 53.7 Å². The quantitative estimate of drug-likeness (QED) is 0.815. The Morgan fingerprint density at radius 2 is 1.56 bits per heavy atom. The molecule has 0 fully saturated rings. The number of hydrogen-bond acceptors (Lipinski definition) is 1. The van der Waals surface area contributed by atoms with Gasteiger partial charge in [0, 0.05) is 6.04 Å². The van der Waals surface area contributed by atoms with Crippen molar-refractivity contribution in [3.05, 3.63) is 34.4 Å². The van der Waals surface area contributed by atoms with E-state index in [0.717, 1.165) is 6.42 Å². The summed E-state index contributed by atoms with van der Waals surface area (Å²) in [6.45, 7) is 13.2. The van der Waals surface area contributed by atoms with Gasteiger partial charge in [0.25, 0.3) is 0 Å². The molecule has 0 aliphatic rings. The summed E-state index contributed by atoms with van der Waals surface area (Å²) in [4.78, 5) is 0. The topological polar surface area (TPSA) is 26.0 Å². The van der Waals surface area contributed by atoms with Crippen LogP contribution in [0, 0.1) is 26.2 Å². The van der Waals surface area contributed by atoms with E-state index in [1.807, 2.05) is 0 Å². The Kier molecular flexibility index (Phi) is 3.80. The van der Waals surface area contributed by atoms with Gasteiger partial charge in [0.1, 0.15) is 0 Å². The molecule has 1 aromatic rings. The molecule has 1 heteroatoms. The van der Waals surface area contributed by atoms with E-state index in [9.17, 15) is 0 Å². The van der Waals surface area contributed by atoms with Crippen LogP contribution in [-0.2, 0) is 0 Å². The molecule has 0 aromatic heterocycles. The lowest BCUT2D eigenvalue weighted by atomic mass is 9.77. The van der Waals surface area contributed by atoms with Crippen LogP contribution in [0.5, 0.6) is 0 Å². The lowest BCUT2D eigenvalue weighted by molar-refractivity contribution is 0.277. The van der Waals surface area contributed by atoms with E-state index in [1.54, 1.807) is 0 Å². The summed E-state index contributed by atoms with van der Waals surface area (Å²) in [5, 5.41) is 0. The summed E-state index contributed by atoms with van der Waals surface area (Å²) >= 11 is 0. The number of nitrogens with two attached hydrogens (primary N) is 1. The van der Waals surface area contributed by atoms with E-state index in [0.29, 0.717) is 0 Å². The first-order valence-electron chi connectivity index (χ1n) is 6.13. The smallest absolute Gasteiger partial charge is 0.0349 e. The molecule has 0 bridgehead atoms. The zero-order valence-corrected chi connectivity index (χ0v) is 11.5. The van der Waals surface area contributed by atoms with Crippen molar-refractivity contribution >= 4 is 0 Å². The van der Waals surface area contributed by atoms with E-state index >= 15 is 0 Å². The van der Waals surface area contributed by atoms with Gasteiger partial charge in [-0.25, -0.2) is 0 Å². The number of rotatable bonds is 3. The van der Waals surface area contributed by atoms with Crippen LogP contribution in [0.4, 0.5) is 0 Å². The fraction of sp³-hybridized carbons (Fsp3) is 0.600. The molecule has 0 aliphatic heterocycles. The van der Waals surface area contributed by atoms with Crippen molar-refractivity contribution in [2.24, 2.45) is 11.1 Å². The summed E-state index contributed by atoms with van der Waals surface area (Å²) in [7, 11) is 0. The van der Waals surface area contributed by atoms with Gasteiger partial charge in [0.2, 0.25) is 0 Å². The normalized spacial score (nSPS) is 13.9. The molecule has 1 rings (SSSR count). The highest BCUT2D eigenvalue weighted by atomic mass is 14.7. The molecular weight excluding hydrogens is 194 g/mol. The van der Waals surface area contributed by atoms with E-state index in [4.69, 9.17) is 5.73 Å². The lowest BCUT2D eigenvalue weighted by Gasteiger charge is -2.32. The van der Waals surface area contributed by atoms with Crippen LogP contribution in [0.2, 0.25) is 0 Å². The van der Waals surface area contributed by atoms with Crippen molar-refractivity contribution in [3.8, 4) is 0 Å². The molecule has 0 radical (unpaired) electrons. The molecule has 1 atom stereocenters. The van der Waals surface area contributed by atoms with Crippen molar-refractivity contribution < 1.29 is 0 Å². The third-order valence-corrected chi connectivity index (χ3v) is 3.97. The van der Waals surface area contributed by atoms with Crippen LogP contribution in [0.25, 0.3) is 0 Å². The van der Waals surface area contributed by atoms with Crippen molar-refractivity contribution in [1.82, 2.24) is 0 Å². The van der Waals surface area contributed by atoms with Gasteiger partial charge in [-0.05, 0) is 54.9 Å². The average molecular weight is 219 g/mol. The molecular formula is C15H25N. The number of hydrogen-bond donors (Lipinski definition) is 1. The van der Waals surface area contributed by atoms with Gasteiger partial charge >= 0.3 is 0 Å². The minimum Gasteiger partial charge on any atom is -0.323 e. The Balaban J connectivity index is 3.19. The van der Waals surface area contributed by atoms with Gasteiger partial charge in [0.15, 0.2) is 0 Å². The molecule has 0 spiro atoms. The Morgan fingerprint density at radius 1 is 1.06 bits per heavy atom. The standard InChI is InChI=1S/C15H25N/c1-7-15(5,6)14(16)13-9-11(3)10(2)8-12(13)4/h8-9,14H,7,16H2,1-6H3. The Labute approximate surface area is 100 Å². The predicted octanol–water partition coefficient (Wildman–Crippen LogP) is 4.05. The zero-order chi connectivity index (χ0) is 12.5. The van der Waals surface area contributed by atoms with Crippen molar-refractivity contribution in [3.63, 3.8) is 0 Å². The van der Waals surface area contributed by atoms with E-state index in [-0.39, 0.29) is 11.5 Å². The van der Waals surface area contributed by atoms with Gasteiger partial charge in [-0.2, -0.15) is 0 Å². The molecule has 1 unspecified atom stereocenters. The molecule has 0 aliphatic carbocycles. The summed E-state index contributed by atoms with van der Waals surface area (Å²) in [6.07, 6.45) is 1.10. The second kappa shape index (κ2) is 4.58. The first-order valence-corrected chi connectivity index (χ1v) is 6.13. The van der Waals surface area contributed by atoms with Crippen LogP contribution < -0.4 is 5.73 Å². The third kappa shape index (κ3) is 2.46. The maximum Gasteiger partial charge on any atom is 0.0349 e. The first kappa shape index (κ1) is 13.2. The molecule has 1 nitrogen and oxygen atoms in total. The summed E-state index contributed by atoms with van der Waals surface area (Å²) in [5.41, 5.74) is 11.9. The molecule has 90 valence electrons. The van der Waals surface area contributed by atoms with Crippen LogP contribution in [0.3, 0.4) is 0 Å². The Hall–Kier alpha value is -0.820. The summed E-state index contributed by atoms with van der Waals surface area (Å²) < 4.78 is 0. The SMILES string of the molecule is CCC(C)(C)C(N)c1cc(C)c(C)cc1C. The van der Waals surface area contributed by atoms with Crippen LogP contribution in [-0.4, -0.2) is 0 Å². The summed E-state index contributed by atoms with van der Waals surface area (Å²) in [6, 6.07) is 4.63. The fourth-order valence-corrected chi connectivity index (χ4v) is 1.96. The minimum absolute atomic E-state index is 0.122. The van der Waals surface area contributed by atoms with Gasteiger partial charge < -0.3 is 5.73 Å². The highest BCUT2D eigenvalue weighted by molar-refractivity contribution is 5.38. The van der Waals surface area contributed by atoms with Crippen molar-refractivity contribution in [2.75, 3.05) is 0 Å². The van der Waals surface area contributed by atoms with E-state index < -0.39 is 0 Å². The monoisotopic (exact) mass is 219 g/mol. The van der Waals surface area contributed by atoms with Gasteiger partial charge in [-0.1, -0.05) is 32.9 Å². The highest BCUT2D eigenvalue weighted by Gasteiger charge is 2.26. The van der Waals surface area contributed by atoms with Gasteiger partial charge in [0.05, 0.1) is 0 Å². The van der Waals surface area contributed by atoms with Crippen LogP contribution >= 0.6 is 0 Å². The van der Waals surface area contributed by atoms with Gasteiger partial charge in [-0.15, -0.1) is 0 Å². The van der Waals surface area contributed by atoms with Crippen LogP contribution in [0.1, 0.15) is 55.5 Å². The Bertz CT molecular complexity index is 377. The third-order valence-electron chi connectivity index (χ3n) is 3.97.